The molecule has 1 unspecified atom stereocenters. The number of hydrogen-bond acceptors (Lipinski definition) is 4. The summed E-state index contributed by atoms with van der Waals surface area (Å²) in [5, 5.41) is 12.2. The van der Waals surface area contributed by atoms with Crippen LogP contribution >= 0.6 is 15.9 Å². The number of nitrogens with one attached hydrogen (secondary N) is 1. The van der Waals surface area contributed by atoms with Gasteiger partial charge in [0.1, 0.15) is 0 Å². The zero-order valence-electron chi connectivity index (χ0n) is 10.7. The highest BCUT2D eigenvalue weighted by atomic mass is 79.9. The number of alkyl carbamates (subject to hydrolysis) is 1. The lowest BCUT2D eigenvalue weighted by atomic mass is 10.1. The lowest BCUT2D eigenvalue weighted by molar-refractivity contribution is 0.167. The van der Waals surface area contributed by atoms with Crippen LogP contribution in [0.3, 0.4) is 0 Å². The maximum absolute atomic E-state index is 11.2. The van der Waals surface area contributed by atoms with Crippen molar-refractivity contribution < 1.29 is 14.6 Å². The van der Waals surface area contributed by atoms with Crippen LogP contribution in [-0.4, -0.2) is 37.4 Å². The summed E-state index contributed by atoms with van der Waals surface area (Å²) in [6.45, 7) is 1.58. The van der Waals surface area contributed by atoms with E-state index in [1.165, 1.54) is 7.11 Å². The van der Waals surface area contributed by atoms with E-state index in [-0.39, 0.29) is 12.6 Å². The summed E-state index contributed by atoms with van der Waals surface area (Å²) >= 11 is 3.40. The molecule has 1 aromatic carbocycles. The number of hydrogen-bond donors (Lipinski definition) is 2. The maximum Gasteiger partial charge on any atom is 0.407 e. The molecule has 19 heavy (non-hydrogen) atoms. The highest BCUT2D eigenvalue weighted by Crippen LogP contribution is 2.27. The Bertz CT molecular complexity index is 467. The number of anilines is 1. The summed E-state index contributed by atoms with van der Waals surface area (Å²) in [5.74, 6) is 0. The monoisotopic (exact) mass is 328 g/mol. The van der Waals surface area contributed by atoms with Crippen LogP contribution in [0.4, 0.5) is 10.5 Å². The van der Waals surface area contributed by atoms with Crippen molar-refractivity contribution in [1.29, 1.82) is 0 Å². The van der Waals surface area contributed by atoms with Crippen molar-refractivity contribution in [2.24, 2.45) is 0 Å². The number of nitrogens with zero attached hydrogens (tertiary/aromatic N) is 1. The van der Waals surface area contributed by atoms with E-state index >= 15 is 0 Å². The van der Waals surface area contributed by atoms with Crippen LogP contribution in [0, 0.1) is 0 Å². The topological polar surface area (TPSA) is 61.8 Å². The Morgan fingerprint density at radius 1 is 1.63 bits per heavy atom. The molecular weight excluding hydrogens is 312 g/mol. The number of carbonyl (C=O) groups excluding carboxylic acids is 1. The predicted octanol–water partition coefficient (Wildman–Crippen LogP) is 1.88. The number of methoxy groups -OCH3 is 1. The van der Waals surface area contributed by atoms with E-state index in [9.17, 15) is 9.90 Å². The smallest absolute Gasteiger partial charge is 0.407 e. The normalized spacial score (nSPS) is 18.5. The Balaban J connectivity index is 2.06. The molecule has 0 saturated carbocycles. The van der Waals surface area contributed by atoms with Crippen molar-refractivity contribution >= 4 is 27.7 Å². The number of aliphatic hydroxyl groups is 1. The molecule has 1 fully saturated rings. The number of ether oxygens (including phenoxy) is 1. The molecule has 5 nitrogen and oxygen atoms in total. The third kappa shape index (κ3) is 3.39. The fourth-order valence-electron chi connectivity index (χ4n) is 2.31. The molecule has 1 aliphatic heterocycles. The molecule has 1 saturated heterocycles. The summed E-state index contributed by atoms with van der Waals surface area (Å²) in [6.07, 6.45) is 0.473. The average Bonchev–Trinajstić information content (AvgIpc) is 2.86. The first kappa shape index (κ1) is 14.1. The van der Waals surface area contributed by atoms with E-state index in [2.05, 4.69) is 30.9 Å². The van der Waals surface area contributed by atoms with Gasteiger partial charge in [-0.3, -0.25) is 0 Å². The number of benzene rings is 1. The van der Waals surface area contributed by atoms with E-state index in [1.54, 1.807) is 0 Å². The molecule has 1 atom stereocenters. The highest BCUT2D eigenvalue weighted by molar-refractivity contribution is 9.10. The van der Waals surface area contributed by atoms with Crippen LogP contribution < -0.4 is 10.2 Å². The predicted molar refractivity (Wildman–Crippen MR) is 76.2 cm³/mol. The number of halogens is 1. The molecule has 0 aliphatic carbocycles. The van der Waals surface area contributed by atoms with Gasteiger partial charge >= 0.3 is 6.09 Å². The lowest BCUT2D eigenvalue weighted by Crippen LogP contribution is -2.37. The Morgan fingerprint density at radius 2 is 2.42 bits per heavy atom. The van der Waals surface area contributed by atoms with Gasteiger partial charge in [-0.1, -0.05) is 15.9 Å². The number of rotatable bonds is 3. The molecule has 0 radical (unpaired) electrons. The third-order valence-corrected chi connectivity index (χ3v) is 3.74. The Kier molecular flexibility index (Phi) is 4.66. The molecule has 0 bridgehead atoms. The molecule has 0 spiro atoms. The van der Waals surface area contributed by atoms with Crippen LogP contribution in [-0.2, 0) is 11.3 Å². The standard InChI is InChI=1S/C13H17BrN2O3/c1-19-13(18)15-11-4-5-16(7-11)12-3-2-10(14)6-9(12)8-17/h2-3,6,11,17H,4-5,7-8H2,1H3,(H,15,18). The van der Waals surface area contributed by atoms with Crippen LogP contribution in [0.25, 0.3) is 0 Å². The van der Waals surface area contributed by atoms with E-state index in [4.69, 9.17) is 0 Å². The van der Waals surface area contributed by atoms with Gasteiger partial charge in [0.2, 0.25) is 0 Å². The number of amides is 1. The third-order valence-electron chi connectivity index (χ3n) is 3.25. The largest absolute Gasteiger partial charge is 0.453 e. The Labute approximate surface area is 120 Å². The Hall–Kier alpha value is -1.27. The molecule has 104 valence electrons. The van der Waals surface area contributed by atoms with Gasteiger partial charge in [0.15, 0.2) is 0 Å². The van der Waals surface area contributed by atoms with Crippen LogP contribution in [0.5, 0.6) is 0 Å². The zero-order valence-corrected chi connectivity index (χ0v) is 12.3. The van der Waals surface area contributed by atoms with Crippen molar-refractivity contribution in [2.45, 2.75) is 19.1 Å². The van der Waals surface area contributed by atoms with Gasteiger partial charge in [-0.25, -0.2) is 4.79 Å². The summed E-state index contributed by atoms with van der Waals surface area (Å²) < 4.78 is 5.55. The van der Waals surface area contributed by atoms with Crippen molar-refractivity contribution in [3.8, 4) is 0 Å². The molecule has 1 aliphatic rings. The number of carbonyl (C=O) groups is 1. The van der Waals surface area contributed by atoms with Crippen LogP contribution in [0.1, 0.15) is 12.0 Å². The van der Waals surface area contributed by atoms with Gasteiger partial charge < -0.3 is 20.1 Å². The van der Waals surface area contributed by atoms with Gasteiger partial charge in [0.25, 0.3) is 0 Å². The first-order chi connectivity index (χ1) is 9.13. The van der Waals surface area contributed by atoms with Crippen LogP contribution in [0.15, 0.2) is 22.7 Å². The SMILES string of the molecule is COC(=O)NC1CCN(c2ccc(Br)cc2CO)C1. The average molecular weight is 329 g/mol. The summed E-state index contributed by atoms with van der Waals surface area (Å²) in [7, 11) is 1.36. The molecule has 6 heteroatoms. The minimum absolute atomic E-state index is 0.000367. The van der Waals surface area contributed by atoms with Gasteiger partial charge in [0, 0.05) is 28.8 Å². The van der Waals surface area contributed by atoms with Gasteiger partial charge in [0.05, 0.1) is 19.8 Å². The number of aliphatic hydroxyl groups excluding tert-OH is 1. The molecule has 1 amide bonds. The van der Waals surface area contributed by atoms with Gasteiger partial charge in [-0.2, -0.15) is 0 Å². The van der Waals surface area contributed by atoms with E-state index in [0.717, 1.165) is 35.2 Å². The fourth-order valence-corrected chi connectivity index (χ4v) is 2.72. The first-order valence-corrected chi connectivity index (χ1v) is 6.92. The zero-order chi connectivity index (χ0) is 13.8. The first-order valence-electron chi connectivity index (χ1n) is 6.12. The highest BCUT2D eigenvalue weighted by Gasteiger charge is 2.25. The lowest BCUT2D eigenvalue weighted by Gasteiger charge is -2.21. The second-order valence-electron chi connectivity index (χ2n) is 4.50. The molecule has 1 heterocycles. The molecule has 2 rings (SSSR count). The molecule has 0 aromatic heterocycles. The summed E-state index contributed by atoms with van der Waals surface area (Å²) in [4.78, 5) is 13.3. The van der Waals surface area contributed by atoms with E-state index in [0.29, 0.717) is 0 Å². The minimum atomic E-state index is -0.398. The summed E-state index contributed by atoms with van der Waals surface area (Å²) in [6, 6.07) is 5.94. The van der Waals surface area contributed by atoms with E-state index in [1.807, 2.05) is 18.2 Å². The second kappa shape index (κ2) is 6.25. The van der Waals surface area contributed by atoms with Crippen molar-refractivity contribution in [3.63, 3.8) is 0 Å². The van der Waals surface area contributed by atoms with Gasteiger partial charge in [-0.15, -0.1) is 0 Å². The van der Waals surface area contributed by atoms with Crippen LogP contribution in [0.2, 0.25) is 0 Å². The van der Waals surface area contributed by atoms with Gasteiger partial charge in [-0.05, 0) is 24.6 Å². The summed E-state index contributed by atoms with van der Waals surface area (Å²) in [5.41, 5.74) is 1.90. The minimum Gasteiger partial charge on any atom is -0.453 e. The Morgan fingerprint density at radius 3 is 3.11 bits per heavy atom. The fraction of sp³-hybridized carbons (Fsp3) is 0.462. The second-order valence-corrected chi connectivity index (χ2v) is 5.41. The maximum atomic E-state index is 11.2. The van der Waals surface area contributed by atoms with Crippen molar-refractivity contribution in [3.05, 3.63) is 28.2 Å². The molecule has 1 aromatic rings. The quantitative estimate of drug-likeness (QED) is 0.889. The van der Waals surface area contributed by atoms with Crippen molar-refractivity contribution in [2.75, 3.05) is 25.1 Å². The van der Waals surface area contributed by atoms with E-state index < -0.39 is 6.09 Å². The molecular formula is C13H17BrN2O3. The van der Waals surface area contributed by atoms with Crippen molar-refractivity contribution in [1.82, 2.24) is 5.32 Å². The molecule has 2 N–H and O–H groups in total.